The predicted octanol–water partition coefficient (Wildman–Crippen LogP) is 4.08. The maximum absolute atomic E-state index is 12.7. The standard InChI is InChI=1S/C18H14Cl3N7O2/c1-10-13(8-27-7-12(19)5-23-27)16(26-30-10)17(29)24-18-22-9-28(25-18)6-11-2-3-14(20)15(21)4-11/h2-5,7,9H,6,8H2,1H3,(H,24,25,29). The molecule has 0 spiro atoms. The summed E-state index contributed by atoms with van der Waals surface area (Å²) in [5, 5.41) is 16.3. The van der Waals surface area contributed by atoms with Crippen LogP contribution in [-0.4, -0.2) is 35.6 Å². The molecule has 154 valence electrons. The Morgan fingerprint density at radius 3 is 2.73 bits per heavy atom. The van der Waals surface area contributed by atoms with Crippen molar-refractivity contribution >= 4 is 46.7 Å². The summed E-state index contributed by atoms with van der Waals surface area (Å²) < 4.78 is 8.34. The van der Waals surface area contributed by atoms with Gasteiger partial charge >= 0.3 is 0 Å². The highest BCUT2D eigenvalue weighted by Gasteiger charge is 2.21. The van der Waals surface area contributed by atoms with Gasteiger partial charge in [0.15, 0.2) is 5.69 Å². The molecule has 4 aromatic rings. The molecule has 4 rings (SSSR count). The summed E-state index contributed by atoms with van der Waals surface area (Å²) in [4.78, 5) is 16.8. The van der Waals surface area contributed by atoms with Crippen LogP contribution in [0.3, 0.4) is 0 Å². The van der Waals surface area contributed by atoms with E-state index in [9.17, 15) is 4.79 Å². The van der Waals surface area contributed by atoms with Crippen molar-refractivity contribution in [1.29, 1.82) is 0 Å². The van der Waals surface area contributed by atoms with Crippen LogP contribution in [-0.2, 0) is 13.1 Å². The Kier molecular flexibility index (Phi) is 5.76. The van der Waals surface area contributed by atoms with Crippen LogP contribution in [0.4, 0.5) is 5.95 Å². The Hall–Kier alpha value is -2.88. The van der Waals surface area contributed by atoms with Crippen molar-refractivity contribution < 1.29 is 9.32 Å². The molecule has 0 aliphatic carbocycles. The van der Waals surface area contributed by atoms with Gasteiger partial charge in [0.05, 0.1) is 34.4 Å². The summed E-state index contributed by atoms with van der Waals surface area (Å²) >= 11 is 17.9. The fraction of sp³-hybridized carbons (Fsp3) is 0.167. The van der Waals surface area contributed by atoms with E-state index in [-0.39, 0.29) is 18.2 Å². The average Bonchev–Trinajstić information content (AvgIpc) is 3.41. The second kappa shape index (κ2) is 8.47. The molecule has 1 N–H and O–H groups in total. The molecule has 0 aliphatic rings. The Morgan fingerprint density at radius 1 is 1.17 bits per heavy atom. The Balaban J connectivity index is 1.46. The van der Waals surface area contributed by atoms with E-state index in [2.05, 4.69) is 25.7 Å². The normalized spacial score (nSPS) is 11.1. The second-order valence-electron chi connectivity index (χ2n) is 6.39. The summed E-state index contributed by atoms with van der Waals surface area (Å²) in [5.41, 5.74) is 1.60. The molecular weight excluding hydrogens is 453 g/mol. The number of anilines is 1. The smallest absolute Gasteiger partial charge is 0.280 e. The zero-order valence-electron chi connectivity index (χ0n) is 15.5. The highest BCUT2D eigenvalue weighted by atomic mass is 35.5. The molecule has 0 saturated heterocycles. The Bertz CT molecular complexity index is 1210. The van der Waals surface area contributed by atoms with Crippen LogP contribution in [0, 0.1) is 6.92 Å². The van der Waals surface area contributed by atoms with Crippen LogP contribution >= 0.6 is 34.8 Å². The quantitative estimate of drug-likeness (QED) is 0.459. The maximum atomic E-state index is 12.7. The lowest BCUT2D eigenvalue weighted by molar-refractivity contribution is 0.101. The van der Waals surface area contributed by atoms with Gasteiger partial charge in [-0.05, 0) is 24.6 Å². The molecule has 0 fully saturated rings. The van der Waals surface area contributed by atoms with Crippen molar-refractivity contribution in [1.82, 2.24) is 29.7 Å². The number of hydrogen-bond donors (Lipinski definition) is 1. The van der Waals surface area contributed by atoms with Crippen molar-refractivity contribution in [2.24, 2.45) is 0 Å². The molecule has 12 heteroatoms. The number of rotatable bonds is 6. The number of carbonyl (C=O) groups excluding carboxylic acids is 1. The molecule has 1 aromatic carbocycles. The second-order valence-corrected chi connectivity index (χ2v) is 7.64. The summed E-state index contributed by atoms with van der Waals surface area (Å²) in [7, 11) is 0. The molecule has 3 heterocycles. The van der Waals surface area contributed by atoms with Gasteiger partial charge in [-0.2, -0.15) is 5.10 Å². The van der Waals surface area contributed by atoms with Crippen LogP contribution < -0.4 is 5.32 Å². The van der Waals surface area contributed by atoms with Gasteiger partial charge in [0.2, 0.25) is 5.95 Å². The minimum absolute atomic E-state index is 0.125. The first-order valence-electron chi connectivity index (χ1n) is 8.67. The van der Waals surface area contributed by atoms with Crippen LogP contribution in [0.2, 0.25) is 15.1 Å². The molecule has 0 bridgehead atoms. The Morgan fingerprint density at radius 2 is 2.00 bits per heavy atom. The van der Waals surface area contributed by atoms with Gasteiger partial charge in [-0.3, -0.25) is 14.8 Å². The van der Waals surface area contributed by atoms with Crippen molar-refractivity contribution in [2.75, 3.05) is 5.32 Å². The summed E-state index contributed by atoms with van der Waals surface area (Å²) in [5.74, 6) is 0.145. The minimum atomic E-state index is -0.493. The summed E-state index contributed by atoms with van der Waals surface area (Å²) in [6.07, 6.45) is 4.65. The molecule has 0 unspecified atom stereocenters. The largest absolute Gasteiger partial charge is 0.361 e. The van der Waals surface area contributed by atoms with E-state index in [4.69, 9.17) is 39.3 Å². The number of halogens is 3. The molecular formula is C18H14Cl3N7O2. The van der Waals surface area contributed by atoms with Gasteiger partial charge in [0.1, 0.15) is 12.1 Å². The van der Waals surface area contributed by atoms with Gasteiger partial charge in [0, 0.05) is 11.8 Å². The number of hydrogen-bond acceptors (Lipinski definition) is 6. The third kappa shape index (κ3) is 4.48. The van der Waals surface area contributed by atoms with Gasteiger partial charge in [-0.1, -0.05) is 46.0 Å². The summed E-state index contributed by atoms with van der Waals surface area (Å²) in [6, 6.07) is 5.29. The first-order valence-corrected chi connectivity index (χ1v) is 9.80. The molecule has 0 aliphatic heterocycles. The number of aromatic nitrogens is 6. The first-order chi connectivity index (χ1) is 14.4. The zero-order valence-corrected chi connectivity index (χ0v) is 17.8. The van der Waals surface area contributed by atoms with E-state index in [0.29, 0.717) is 32.9 Å². The van der Waals surface area contributed by atoms with E-state index in [0.717, 1.165) is 5.56 Å². The minimum Gasteiger partial charge on any atom is -0.361 e. The Labute approximate surface area is 185 Å². The molecule has 0 atom stereocenters. The monoisotopic (exact) mass is 465 g/mol. The highest BCUT2D eigenvalue weighted by molar-refractivity contribution is 6.42. The van der Waals surface area contributed by atoms with Gasteiger partial charge in [0.25, 0.3) is 5.91 Å². The van der Waals surface area contributed by atoms with Gasteiger partial charge in [-0.25, -0.2) is 9.67 Å². The van der Waals surface area contributed by atoms with E-state index < -0.39 is 5.91 Å². The van der Waals surface area contributed by atoms with Crippen LogP contribution in [0.25, 0.3) is 0 Å². The molecule has 9 nitrogen and oxygen atoms in total. The van der Waals surface area contributed by atoms with Crippen molar-refractivity contribution in [3.8, 4) is 0 Å². The predicted molar refractivity (Wildman–Crippen MR) is 111 cm³/mol. The lowest BCUT2D eigenvalue weighted by Gasteiger charge is -2.04. The van der Waals surface area contributed by atoms with Gasteiger partial charge < -0.3 is 4.52 Å². The molecule has 30 heavy (non-hydrogen) atoms. The van der Waals surface area contributed by atoms with E-state index >= 15 is 0 Å². The van der Waals surface area contributed by atoms with Crippen molar-refractivity contribution in [3.05, 3.63) is 74.6 Å². The lowest BCUT2D eigenvalue weighted by Crippen LogP contribution is -2.17. The number of amides is 1. The lowest BCUT2D eigenvalue weighted by atomic mass is 10.2. The third-order valence-corrected chi connectivity index (χ3v) is 5.15. The van der Waals surface area contributed by atoms with Crippen molar-refractivity contribution in [2.45, 2.75) is 20.0 Å². The van der Waals surface area contributed by atoms with Crippen molar-refractivity contribution in [3.63, 3.8) is 0 Å². The topological polar surface area (TPSA) is 104 Å². The number of aryl methyl sites for hydroxylation is 1. The first kappa shape index (κ1) is 20.4. The molecule has 1 amide bonds. The number of nitrogens with one attached hydrogen (secondary N) is 1. The average molecular weight is 467 g/mol. The molecule has 3 aromatic heterocycles. The third-order valence-electron chi connectivity index (χ3n) is 4.21. The zero-order chi connectivity index (χ0) is 21.3. The van der Waals surface area contributed by atoms with Gasteiger partial charge in [-0.15, -0.1) is 5.10 Å². The van der Waals surface area contributed by atoms with E-state index in [1.807, 2.05) is 6.07 Å². The van der Waals surface area contributed by atoms with Crippen LogP contribution in [0.15, 0.2) is 41.4 Å². The fourth-order valence-electron chi connectivity index (χ4n) is 2.76. The highest BCUT2D eigenvalue weighted by Crippen LogP contribution is 2.23. The van der Waals surface area contributed by atoms with E-state index in [1.165, 1.54) is 12.5 Å². The number of nitrogens with zero attached hydrogens (tertiary/aromatic N) is 6. The number of carbonyl (C=O) groups is 1. The van der Waals surface area contributed by atoms with Crippen LogP contribution in [0.5, 0.6) is 0 Å². The van der Waals surface area contributed by atoms with E-state index in [1.54, 1.807) is 34.6 Å². The SMILES string of the molecule is Cc1onc(C(=O)Nc2ncn(Cc3ccc(Cl)c(Cl)c3)n2)c1Cn1cc(Cl)cn1. The molecule has 0 saturated carbocycles. The van der Waals surface area contributed by atoms with Crippen LogP contribution in [0.1, 0.15) is 27.4 Å². The molecule has 0 radical (unpaired) electrons. The fourth-order valence-corrected chi connectivity index (χ4v) is 3.23. The summed E-state index contributed by atoms with van der Waals surface area (Å²) in [6.45, 7) is 2.41. The number of benzene rings is 1. The maximum Gasteiger partial charge on any atom is 0.280 e.